The molecule has 34 heavy (non-hydrogen) atoms. The zero-order valence-electron chi connectivity index (χ0n) is 18.6. The van der Waals surface area contributed by atoms with Gasteiger partial charge in [-0.15, -0.1) is 0 Å². The van der Waals surface area contributed by atoms with Crippen LogP contribution in [0.25, 0.3) is 6.08 Å². The minimum absolute atomic E-state index is 0.0962. The van der Waals surface area contributed by atoms with E-state index in [1.54, 1.807) is 60.8 Å². The minimum atomic E-state index is -0.608. The number of nitrogens with zero attached hydrogens (tertiary/aromatic N) is 2. The van der Waals surface area contributed by atoms with Crippen LogP contribution in [0.3, 0.4) is 0 Å². The number of cyclic esters (lactones) is 1. The van der Waals surface area contributed by atoms with Crippen LogP contribution in [0, 0.1) is 0 Å². The Morgan fingerprint density at radius 1 is 0.941 bits per heavy atom. The summed E-state index contributed by atoms with van der Waals surface area (Å²) in [5.41, 5.74) is 1.53. The van der Waals surface area contributed by atoms with Crippen molar-refractivity contribution in [1.29, 1.82) is 0 Å². The lowest BCUT2D eigenvalue weighted by Crippen LogP contribution is -2.09. The Kier molecular flexibility index (Phi) is 6.54. The standard InChI is InChI=1S/C25H20N2O7/c1-30-18-11-17(12-19(13-18)31-2)23-27-20(25(29)34-23)9-15-6-7-21(22(10-15)32-3)33-24(28)16-5-4-8-26-14-16/h4-14H,1-3H3/b20-9-. The Hall–Kier alpha value is -4.66. The Labute approximate surface area is 195 Å². The fraction of sp³-hybridized carbons (Fsp3) is 0.120. The lowest BCUT2D eigenvalue weighted by atomic mass is 10.1. The summed E-state index contributed by atoms with van der Waals surface area (Å²) in [6.07, 6.45) is 4.52. The van der Waals surface area contributed by atoms with Crippen LogP contribution >= 0.6 is 0 Å². The molecule has 0 atom stereocenters. The first-order chi connectivity index (χ1) is 16.5. The van der Waals surface area contributed by atoms with Gasteiger partial charge in [0.1, 0.15) is 11.5 Å². The maximum Gasteiger partial charge on any atom is 0.363 e. The molecule has 0 saturated heterocycles. The van der Waals surface area contributed by atoms with Crippen molar-refractivity contribution in [1.82, 2.24) is 4.98 Å². The third-order valence-corrected chi connectivity index (χ3v) is 4.81. The monoisotopic (exact) mass is 460 g/mol. The molecular weight excluding hydrogens is 440 g/mol. The summed E-state index contributed by atoms with van der Waals surface area (Å²) in [6.45, 7) is 0. The van der Waals surface area contributed by atoms with Crippen molar-refractivity contribution in [3.8, 4) is 23.0 Å². The number of rotatable bonds is 7. The van der Waals surface area contributed by atoms with Crippen LogP contribution in [0.1, 0.15) is 21.5 Å². The highest BCUT2D eigenvalue weighted by Gasteiger charge is 2.25. The molecule has 0 unspecified atom stereocenters. The number of carbonyl (C=O) groups is 2. The van der Waals surface area contributed by atoms with Crippen LogP contribution in [0.2, 0.25) is 0 Å². The molecule has 0 aliphatic carbocycles. The van der Waals surface area contributed by atoms with Crippen molar-refractivity contribution in [3.05, 3.63) is 83.3 Å². The van der Waals surface area contributed by atoms with Crippen molar-refractivity contribution in [2.45, 2.75) is 0 Å². The first-order valence-corrected chi connectivity index (χ1v) is 10.1. The Morgan fingerprint density at radius 3 is 2.35 bits per heavy atom. The van der Waals surface area contributed by atoms with E-state index in [1.807, 2.05) is 0 Å². The van der Waals surface area contributed by atoms with E-state index in [0.29, 0.717) is 33.9 Å². The van der Waals surface area contributed by atoms with Gasteiger partial charge in [0.25, 0.3) is 0 Å². The summed E-state index contributed by atoms with van der Waals surface area (Å²) < 4.78 is 26.6. The molecule has 0 fully saturated rings. The van der Waals surface area contributed by atoms with Gasteiger partial charge in [-0.2, -0.15) is 0 Å². The summed E-state index contributed by atoms with van der Waals surface area (Å²) >= 11 is 0. The first-order valence-electron chi connectivity index (χ1n) is 10.1. The third-order valence-electron chi connectivity index (χ3n) is 4.81. The molecule has 172 valence electrons. The second-order valence-corrected chi connectivity index (χ2v) is 6.98. The number of aromatic nitrogens is 1. The molecule has 9 heteroatoms. The Balaban J connectivity index is 1.59. The zero-order chi connectivity index (χ0) is 24.1. The maximum absolute atomic E-state index is 12.4. The largest absolute Gasteiger partial charge is 0.497 e. The number of hydrogen-bond donors (Lipinski definition) is 0. The summed E-state index contributed by atoms with van der Waals surface area (Å²) in [5, 5.41) is 0. The van der Waals surface area contributed by atoms with Crippen molar-refractivity contribution in [3.63, 3.8) is 0 Å². The fourth-order valence-electron chi connectivity index (χ4n) is 3.12. The average Bonchev–Trinajstić information content (AvgIpc) is 3.24. The van der Waals surface area contributed by atoms with Crippen LogP contribution in [0.15, 0.2) is 71.6 Å². The van der Waals surface area contributed by atoms with Crippen LogP contribution in [0.5, 0.6) is 23.0 Å². The topological polar surface area (TPSA) is 106 Å². The van der Waals surface area contributed by atoms with Crippen molar-refractivity contribution < 1.29 is 33.3 Å². The van der Waals surface area contributed by atoms with Gasteiger partial charge in [-0.1, -0.05) is 6.07 Å². The number of ether oxygens (including phenoxy) is 5. The van der Waals surface area contributed by atoms with E-state index in [0.717, 1.165) is 0 Å². The van der Waals surface area contributed by atoms with E-state index in [4.69, 9.17) is 23.7 Å². The highest BCUT2D eigenvalue weighted by molar-refractivity contribution is 6.13. The van der Waals surface area contributed by atoms with Gasteiger partial charge in [0.05, 0.1) is 26.9 Å². The molecule has 1 aliphatic heterocycles. The van der Waals surface area contributed by atoms with Crippen LogP contribution in [-0.4, -0.2) is 44.1 Å². The average molecular weight is 460 g/mol. The van der Waals surface area contributed by atoms with Crippen LogP contribution < -0.4 is 18.9 Å². The van der Waals surface area contributed by atoms with Gasteiger partial charge in [-0.05, 0) is 48.0 Å². The van der Waals surface area contributed by atoms with E-state index in [2.05, 4.69) is 9.98 Å². The SMILES string of the molecule is COc1cc(OC)cc(C2=N/C(=C\c3ccc(OC(=O)c4cccnc4)c(OC)c3)C(=O)O2)c1. The van der Waals surface area contributed by atoms with Gasteiger partial charge < -0.3 is 23.7 Å². The van der Waals surface area contributed by atoms with Gasteiger partial charge in [0.15, 0.2) is 17.2 Å². The summed E-state index contributed by atoms with van der Waals surface area (Å²) in [5.74, 6) is 0.545. The predicted octanol–water partition coefficient (Wildman–Crippen LogP) is 3.67. The number of esters is 2. The summed E-state index contributed by atoms with van der Waals surface area (Å²) in [7, 11) is 4.50. The van der Waals surface area contributed by atoms with E-state index in [-0.39, 0.29) is 17.3 Å². The molecule has 0 N–H and O–H groups in total. The van der Waals surface area contributed by atoms with E-state index in [1.165, 1.54) is 27.5 Å². The second kappa shape index (κ2) is 9.86. The molecule has 4 rings (SSSR count). The molecule has 0 saturated carbocycles. The number of benzene rings is 2. The Bertz CT molecular complexity index is 1280. The third kappa shape index (κ3) is 4.88. The quantitative estimate of drug-likeness (QED) is 0.299. The Morgan fingerprint density at radius 2 is 1.71 bits per heavy atom. The van der Waals surface area contributed by atoms with Gasteiger partial charge in [-0.25, -0.2) is 14.6 Å². The number of aliphatic imine (C=N–C) groups is 1. The fourth-order valence-corrected chi connectivity index (χ4v) is 3.12. The molecule has 2 aromatic carbocycles. The molecule has 1 aromatic heterocycles. The van der Waals surface area contributed by atoms with E-state index in [9.17, 15) is 9.59 Å². The van der Waals surface area contributed by atoms with Crippen LogP contribution in [0.4, 0.5) is 0 Å². The molecule has 0 spiro atoms. The van der Waals surface area contributed by atoms with Gasteiger partial charge in [0, 0.05) is 24.0 Å². The van der Waals surface area contributed by atoms with Crippen molar-refractivity contribution in [2.75, 3.05) is 21.3 Å². The normalized spacial score (nSPS) is 13.8. The lowest BCUT2D eigenvalue weighted by Gasteiger charge is -2.10. The molecule has 9 nitrogen and oxygen atoms in total. The number of pyridine rings is 1. The number of methoxy groups -OCH3 is 3. The van der Waals surface area contributed by atoms with Crippen LogP contribution in [-0.2, 0) is 9.53 Å². The summed E-state index contributed by atoms with van der Waals surface area (Å²) in [6, 6.07) is 13.2. The van der Waals surface area contributed by atoms with Gasteiger partial charge >= 0.3 is 11.9 Å². The number of hydrogen-bond acceptors (Lipinski definition) is 9. The first kappa shape index (κ1) is 22.5. The van der Waals surface area contributed by atoms with E-state index < -0.39 is 11.9 Å². The predicted molar refractivity (Wildman–Crippen MR) is 122 cm³/mol. The number of carbonyl (C=O) groups excluding carboxylic acids is 2. The molecule has 2 heterocycles. The van der Waals surface area contributed by atoms with E-state index >= 15 is 0 Å². The molecule has 0 radical (unpaired) electrons. The zero-order valence-corrected chi connectivity index (χ0v) is 18.6. The van der Waals surface area contributed by atoms with Crippen molar-refractivity contribution >= 4 is 23.9 Å². The lowest BCUT2D eigenvalue weighted by molar-refractivity contribution is -0.129. The molecule has 3 aromatic rings. The molecule has 1 aliphatic rings. The van der Waals surface area contributed by atoms with Gasteiger partial charge in [0.2, 0.25) is 5.90 Å². The maximum atomic E-state index is 12.4. The smallest absolute Gasteiger partial charge is 0.363 e. The molecular formula is C25H20N2O7. The molecule has 0 amide bonds. The minimum Gasteiger partial charge on any atom is -0.497 e. The summed E-state index contributed by atoms with van der Waals surface area (Å²) in [4.78, 5) is 33.0. The second-order valence-electron chi connectivity index (χ2n) is 6.98. The highest BCUT2D eigenvalue weighted by atomic mass is 16.6. The molecule has 0 bridgehead atoms. The van der Waals surface area contributed by atoms with Gasteiger partial charge in [-0.3, -0.25) is 4.98 Å². The highest BCUT2D eigenvalue weighted by Crippen LogP contribution is 2.31. The van der Waals surface area contributed by atoms with Crippen molar-refractivity contribution in [2.24, 2.45) is 4.99 Å².